The summed E-state index contributed by atoms with van der Waals surface area (Å²) in [6, 6.07) is 10.6. The van der Waals surface area contributed by atoms with E-state index < -0.39 is 40.2 Å². The zero-order chi connectivity index (χ0) is 24.8. The number of hydrogen-bond donors (Lipinski definition) is 1. The number of carbonyl (C=O) groups is 2. The highest BCUT2D eigenvalue weighted by Gasteiger charge is 2.30. The van der Waals surface area contributed by atoms with Gasteiger partial charge in [-0.3, -0.25) is 13.9 Å². The predicted molar refractivity (Wildman–Crippen MR) is 123 cm³/mol. The zero-order valence-corrected chi connectivity index (χ0v) is 19.9. The van der Waals surface area contributed by atoms with Crippen LogP contribution >= 0.6 is 0 Å². The van der Waals surface area contributed by atoms with Gasteiger partial charge in [0.25, 0.3) is 0 Å². The fourth-order valence-corrected chi connectivity index (χ4v) is 3.91. The van der Waals surface area contributed by atoms with Crippen LogP contribution in [0.1, 0.15) is 26.3 Å². The van der Waals surface area contributed by atoms with Crippen LogP contribution in [0.2, 0.25) is 0 Å². The maximum absolute atomic E-state index is 13.8. The Labute approximate surface area is 193 Å². The molecule has 0 fully saturated rings. The Morgan fingerprint density at radius 1 is 1.00 bits per heavy atom. The molecule has 1 atom stereocenters. The van der Waals surface area contributed by atoms with Crippen LogP contribution in [-0.4, -0.2) is 50.5 Å². The number of rotatable bonds is 10. The van der Waals surface area contributed by atoms with E-state index in [0.717, 1.165) is 24.0 Å². The van der Waals surface area contributed by atoms with Gasteiger partial charge < -0.3 is 10.2 Å². The largest absolute Gasteiger partial charge is 0.354 e. The number of hydrogen-bond acceptors (Lipinski definition) is 4. The number of nitrogens with zero attached hydrogens (tertiary/aromatic N) is 2. The monoisotopic (exact) mass is 481 g/mol. The van der Waals surface area contributed by atoms with Crippen molar-refractivity contribution < 1.29 is 26.8 Å². The van der Waals surface area contributed by atoms with E-state index in [0.29, 0.717) is 16.9 Å². The summed E-state index contributed by atoms with van der Waals surface area (Å²) < 4.78 is 52.6. The molecule has 0 aliphatic carbocycles. The second-order valence-electron chi connectivity index (χ2n) is 8.19. The van der Waals surface area contributed by atoms with Crippen LogP contribution in [0.5, 0.6) is 0 Å². The van der Waals surface area contributed by atoms with Crippen molar-refractivity contribution in [1.82, 2.24) is 10.2 Å². The van der Waals surface area contributed by atoms with Crippen molar-refractivity contribution in [3.63, 3.8) is 0 Å². The second kappa shape index (κ2) is 11.2. The highest BCUT2D eigenvalue weighted by Crippen LogP contribution is 2.21. The topological polar surface area (TPSA) is 86.8 Å². The average molecular weight is 482 g/mol. The van der Waals surface area contributed by atoms with Crippen molar-refractivity contribution >= 4 is 27.5 Å². The molecule has 0 heterocycles. The molecule has 2 aromatic carbocycles. The van der Waals surface area contributed by atoms with Crippen molar-refractivity contribution in [3.05, 3.63) is 65.7 Å². The molecule has 0 radical (unpaired) electrons. The van der Waals surface area contributed by atoms with E-state index in [1.54, 1.807) is 31.2 Å². The molecule has 0 aliphatic heterocycles. The lowest BCUT2D eigenvalue weighted by atomic mass is 10.1. The summed E-state index contributed by atoms with van der Waals surface area (Å²) in [7, 11) is -4.02. The van der Waals surface area contributed by atoms with Crippen molar-refractivity contribution in [2.75, 3.05) is 23.7 Å². The molecule has 180 valence electrons. The molecule has 10 heteroatoms. The van der Waals surface area contributed by atoms with Crippen LogP contribution in [0.4, 0.5) is 14.5 Å². The molecular formula is C23H29F2N3O4S. The Morgan fingerprint density at radius 2 is 1.64 bits per heavy atom. The van der Waals surface area contributed by atoms with Crippen molar-refractivity contribution in [2.45, 2.75) is 33.4 Å². The fourth-order valence-electron chi connectivity index (χ4n) is 3.07. The van der Waals surface area contributed by atoms with Crippen molar-refractivity contribution in [1.29, 1.82) is 0 Å². The van der Waals surface area contributed by atoms with E-state index in [4.69, 9.17) is 0 Å². The lowest BCUT2D eigenvalue weighted by molar-refractivity contribution is -0.139. The van der Waals surface area contributed by atoms with Crippen LogP contribution in [0.15, 0.2) is 48.5 Å². The molecule has 0 saturated carbocycles. The predicted octanol–water partition coefficient (Wildman–Crippen LogP) is 2.92. The quantitative estimate of drug-likeness (QED) is 0.565. The van der Waals surface area contributed by atoms with Gasteiger partial charge in [-0.15, -0.1) is 0 Å². The molecule has 0 spiro atoms. The maximum atomic E-state index is 13.8. The second-order valence-corrected chi connectivity index (χ2v) is 10.1. The van der Waals surface area contributed by atoms with Gasteiger partial charge in [0.05, 0.1) is 11.9 Å². The molecule has 1 N–H and O–H groups in total. The van der Waals surface area contributed by atoms with E-state index in [2.05, 4.69) is 5.32 Å². The van der Waals surface area contributed by atoms with E-state index >= 15 is 0 Å². The number of benzene rings is 2. The Kier molecular flexibility index (Phi) is 8.92. The molecule has 33 heavy (non-hydrogen) atoms. The standard InChI is InChI=1S/C23H29F2N3O4S/c1-16(2)13-26-23(30)17(3)27(14-18-8-6-5-7-9-18)22(29)15-28(33(4,31)32)19-10-11-20(24)21(25)12-19/h5-12,16-17H,13-15H2,1-4H3,(H,26,30)/t17-/m0/s1. The van der Waals surface area contributed by atoms with Gasteiger partial charge in [-0.2, -0.15) is 0 Å². The number of sulfonamides is 1. The minimum atomic E-state index is -4.02. The van der Waals surface area contributed by atoms with Crippen LogP contribution in [-0.2, 0) is 26.2 Å². The van der Waals surface area contributed by atoms with Gasteiger partial charge >= 0.3 is 0 Å². The van der Waals surface area contributed by atoms with Crippen molar-refractivity contribution in [3.8, 4) is 0 Å². The Balaban J connectivity index is 2.36. The van der Waals surface area contributed by atoms with Gasteiger partial charge in [0.15, 0.2) is 11.6 Å². The molecule has 0 aromatic heterocycles. The highest BCUT2D eigenvalue weighted by atomic mass is 32.2. The molecule has 0 saturated heterocycles. The molecule has 2 aromatic rings. The molecule has 0 unspecified atom stereocenters. The van der Waals surface area contributed by atoms with Gasteiger partial charge in [0.2, 0.25) is 21.8 Å². The normalized spacial score (nSPS) is 12.3. The third kappa shape index (κ3) is 7.52. The lowest BCUT2D eigenvalue weighted by Crippen LogP contribution is -2.51. The summed E-state index contributed by atoms with van der Waals surface area (Å²) in [5.41, 5.74) is 0.550. The Morgan fingerprint density at radius 3 is 2.18 bits per heavy atom. The van der Waals surface area contributed by atoms with Gasteiger partial charge in [0, 0.05) is 19.2 Å². The van der Waals surface area contributed by atoms with E-state index in [1.165, 1.54) is 4.90 Å². The first-order valence-corrected chi connectivity index (χ1v) is 12.3. The third-order valence-corrected chi connectivity index (χ3v) is 6.06. The fraction of sp³-hybridized carbons (Fsp3) is 0.391. The van der Waals surface area contributed by atoms with E-state index in [1.807, 2.05) is 19.9 Å². The Bertz CT molecular complexity index is 1080. The van der Waals surface area contributed by atoms with Crippen molar-refractivity contribution in [2.24, 2.45) is 5.92 Å². The Hall–Kier alpha value is -3.01. The third-order valence-electron chi connectivity index (χ3n) is 4.92. The average Bonchev–Trinajstić information content (AvgIpc) is 2.75. The van der Waals surface area contributed by atoms with Gasteiger partial charge in [-0.1, -0.05) is 44.2 Å². The minimum Gasteiger partial charge on any atom is -0.354 e. The summed E-state index contributed by atoms with van der Waals surface area (Å²) in [5, 5.41) is 2.78. The smallest absolute Gasteiger partial charge is 0.244 e. The first-order chi connectivity index (χ1) is 15.4. The van der Waals surface area contributed by atoms with E-state index in [9.17, 15) is 26.8 Å². The molecule has 2 amide bonds. The number of anilines is 1. The molecule has 2 rings (SSSR count). The zero-order valence-electron chi connectivity index (χ0n) is 19.1. The van der Waals surface area contributed by atoms with Crippen LogP contribution in [0, 0.1) is 17.6 Å². The number of nitrogens with one attached hydrogen (secondary N) is 1. The first-order valence-electron chi connectivity index (χ1n) is 10.4. The van der Waals surface area contributed by atoms with Crippen LogP contribution in [0.3, 0.4) is 0 Å². The summed E-state index contributed by atoms with van der Waals surface area (Å²) in [5.74, 6) is -3.22. The SMILES string of the molecule is CC(C)CNC(=O)[C@H](C)N(Cc1ccccc1)C(=O)CN(c1ccc(F)c(F)c1)S(C)(=O)=O. The highest BCUT2D eigenvalue weighted by molar-refractivity contribution is 7.92. The van der Waals surface area contributed by atoms with Crippen LogP contribution in [0.25, 0.3) is 0 Å². The van der Waals surface area contributed by atoms with Gasteiger partial charge in [-0.05, 0) is 30.5 Å². The molecule has 0 bridgehead atoms. The number of halogens is 2. The maximum Gasteiger partial charge on any atom is 0.244 e. The molecule has 7 nitrogen and oxygen atoms in total. The minimum absolute atomic E-state index is 0.0608. The van der Waals surface area contributed by atoms with Gasteiger partial charge in [0.1, 0.15) is 12.6 Å². The van der Waals surface area contributed by atoms with Crippen LogP contribution < -0.4 is 9.62 Å². The summed E-state index contributed by atoms with van der Waals surface area (Å²) in [6.07, 6.45) is 0.863. The molecular weight excluding hydrogens is 452 g/mol. The number of carbonyl (C=O) groups excluding carboxylic acids is 2. The summed E-state index contributed by atoms with van der Waals surface area (Å²) in [6.45, 7) is 5.22. The summed E-state index contributed by atoms with van der Waals surface area (Å²) >= 11 is 0. The summed E-state index contributed by atoms with van der Waals surface area (Å²) in [4.78, 5) is 27.2. The lowest BCUT2D eigenvalue weighted by Gasteiger charge is -2.31. The first kappa shape index (κ1) is 26.2. The number of amides is 2. The van der Waals surface area contributed by atoms with Gasteiger partial charge in [-0.25, -0.2) is 17.2 Å². The molecule has 0 aliphatic rings. The van der Waals surface area contributed by atoms with E-state index in [-0.39, 0.29) is 24.1 Å².